The van der Waals surface area contributed by atoms with Gasteiger partial charge in [-0.3, -0.25) is 0 Å². The molecule has 0 unspecified atom stereocenters. The topological polar surface area (TPSA) is 27.7 Å². The number of para-hydroxylation sites is 1. The molecular formula is C70H68Cl2O3P2. The first-order valence-corrected chi connectivity index (χ1v) is 33.4. The van der Waals surface area contributed by atoms with Gasteiger partial charge in [0.15, 0.2) is 0 Å². The summed E-state index contributed by atoms with van der Waals surface area (Å²) in [7, 11) is 0. The normalized spacial score (nSPS) is 12.3. The van der Waals surface area contributed by atoms with Crippen LogP contribution in [0.3, 0.4) is 0 Å². The van der Waals surface area contributed by atoms with Gasteiger partial charge in [-0.05, 0) is 12.1 Å². The number of hydrogen-bond acceptors (Lipinski definition) is 3. The standard InChI is InChI=1S/C35H34ClO2P.C35H34ClOP/c36-39(33-17-7-2-8-18-33,34-19-9-3-10-20-34,35-21-11-4-12-22-35)29-30-23-25-32(26-24-30)38-28-14-13-27-37-31-15-5-1-6-16-31;36-38(33-18-7-2-8-19-33,34-20-9-3-10-21-34,35-22-11-4-12-23-35)29-31-24-26-32(27-25-31)37-28-14-13-17-30-15-5-1-6-16-30/h1-12,15-26H,13-14,27-29H2;1-12,15-16,18-27H,13-14,17,28-29H2. The molecule has 0 aliphatic rings. The molecule has 0 saturated heterocycles. The summed E-state index contributed by atoms with van der Waals surface area (Å²) >= 11 is 16.4. The molecule has 0 amide bonds. The third kappa shape index (κ3) is 13.1. The van der Waals surface area contributed by atoms with Crippen LogP contribution in [0.25, 0.3) is 0 Å². The zero-order valence-electron chi connectivity index (χ0n) is 43.7. The molecule has 10 rings (SSSR count). The Labute approximate surface area is 466 Å². The average molecular weight is 1090 g/mol. The van der Waals surface area contributed by atoms with E-state index in [1.807, 2.05) is 30.3 Å². The van der Waals surface area contributed by atoms with Crippen molar-refractivity contribution in [2.24, 2.45) is 0 Å². The monoisotopic (exact) mass is 1090 g/mol. The van der Waals surface area contributed by atoms with Crippen molar-refractivity contribution in [2.45, 2.75) is 44.4 Å². The van der Waals surface area contributed by atoms with Crippen LogP contribution in [0.5, 0.6) is 17.2 Å². The molecule has 0 fully saturated rings. The molecule has 0 aliphatic heterocycles. The van der Waals surface area contributed by atoms with E-state index >= 15 is 0 Å². The van der Waals surface area contributed by atoms with Crippen LogP contribution in [0.2, 0.25) is 0 Å². The summed E-state index contributed by atoms with van der Waals surface area (Å²) in [5, 5.41) is 7.03. The molecule has 390 valence electrons. The van der Waals surface area contributed by atoms with Crippen molar-refractivity contribution in [1.82, 2.24) is 0 Å². The molecule has 0 N–H and O–H groups in total. The molecule has 0 atom stereocenters. The number of halogens is 2. The Kier molecular flexibility index (Phi) is 18.8. The molecule has 7 heteroatoms. The van der Waals surface area contributed by atoms with Crippen LogP contribution >= 0.6 is 34.4 Å². The van der Waals surface area contributed by atoms with Crippen molar-refractivity contribution in [3.05, 3.63) is 308 Å². The van der Waals surface area contributed by atoms with E-state index in [1.165, 1.54) is 48.5 Å². The fourth-order valence-electron chi connectivity index (χ4n) is 10.3. The Morgan fingerprint density at radius 1 is 0.234 bits per heavy atom. The fraction of sp³-hybridized carbons (Fsp3) is 0.143. The van der Waals surface area contributed by atoms with E-state index in [0.29, 0.717) is 19.4 Å². The van der Waals surface area contributed by atoms with Crippen molar-refractivity contribution in [2.75, 3.05) is 19.8 Å². The third-order valence-corrected chi connectivity index (χ3v) is 28.8. The SMILES string of the molecule is ClP(Cc1ccc(OCCCCOc2ccccc2)cc1)(c1ccccc1)(c1ccccc1)c1ccccc1.ClP(Cc1ccc(OCCCCc2ccccc2)cc1)(c1ccccc1)(c1ccccc1)c1ccccc1. The van der Waals surface area contributed by atoms with Gasteiger partial charge < -0.3 is 0 Å². The van der Waals surface area contributed by atoms with E-state index in [2.05, 4.69) is 261 Å². The average Bonchev–Trinajstić information content (AvgIpc) is 3.56. The van der Waals surface area contributed by atoms with Crippen LogP contribution in [0.15, 0.2) is 291 Å². The van der Waals surface area contributed by atoms with Crippen molar-refractivity contribution < 1.29 is 14.2 Å². The minimum atomic E-state index is -3.35. The number of unbranched alkanes of at least 4 members (excludes halogenated alkanes) is 2. The molecule has 0 radical (unpaired) electrons. The quantitative estimate of drug-likeness (QED) is 0.0472. The summed E-state index contributed by atoms with van der Waals surface area (Å²) in [6, 6.07) is 101. The molecular weight excluding hydrogens is 1020 g/mol. The number of ether oxygens (including phenoxy) is 3. The van der Waals surface area contributed by atoms with Gasteiger partial charge in [-0.25, -0.2) is 0 Å². The predicted molar refractivity (Wildman–Crippen MR) is 334 cm³/mol. The van der Waals surface area contributed by atoms with E-state index in [4.69, 9.17) is 36.7 Å². The summed E-state index contributed by atoms with van der Waals surface area (Å²) in [5.41, 5.74) is 3.77. The number of benzene rings is 10. The van der Waals surface area contributed by atoms with Gasteiger partial charge in [0, 0.05) is 0 Å². The second-order valence-corrected chi connectivity index (χ2v) is 32.4. The fourth-order valence-corrected chi connectivity index (χ4v) is 22.6. The van der Waals surface area contributed by atoms with Crippen molar-refractivity contribution >= 4 is 66.2 Å². The van der Waals surface area contributed by atoms with Gasteiger partial charge in [0.1, 0.15) is 0 Å². The van der Waals surface area contributed by atoms with Crippen LogP contribution in [0.4, 0.5) is 0 Å². The molecule has 3 nitrogen and oxygen atoms in total. The van der Waals surface area contributed by atoms with Crippen LogP contribution in [0, 0.1) is 0 Å². The number of rotatable bonds is 23. The Balaban J connectivity index is 0.000000188. The maximum absolute atomic E-state index is 8.22. The molecule has 77 heavy (non-hydrogen) atoms. The molecule has 0 aromatic heterocycles. The zero-order valence-corrected chi connectivity index (χ0v) is 47.0. The molecule has 0 spiro atoms. The van der Waals surface area contributed by atoms with Crippen molar-refractivity contribution in [1.29, 1.82) is 0 Å². The molecule has 0 heterocycles. The van der Waals surface area contributed by atoms with Crippen LogP contribution in [0.1, 0.15) is 42.4 Å². The van der Waals surface area contributed by atoms with Crippen molar-refractivity contribution in [3.63, 3.8) is 0 Å². The molecule has 0 bridgehead atoms. The number of hydrogen-bond donors (Lipinski definition) is 0. The Morgan fingerprint density at radius 2 is 0.468 bits per heavy atom. The second-order valence-electron chi connectivity index (χ2n) is 19.5. The summed E-state index contributed by atoms with van der Waals surface area (Å²) in [5.74, 6) is -4.00. The first-order valence-electron chi connectivity index (χ1n) is 26.8. The summed E-state index contributed by atoms with van der Waals surface area (Å²) in [6.45, 7) is 2.07. The van der Waals surface area contributed by atoms with Gasteiger partial charge in [-0.15, -0.1) is 0 Å². The van der Waals surface area contributed by atoms with E-state index in [1.54, 1.807) is 0 Å². The third-order valence-electron chi connectivity index (χ3n) is 14.4. The zero-order chi connectivity index (χ0) is 53.0. The van der Waals surface area contributed by atoms with Gasteiger partial charge >= 0.3 is 421 Å². The van der Waals surface area contributed by atoms with Gasteiger partial charge in [0.2, 0.25) is 0 Å². The van der Waals surface area contributed by atoms with E-state index < -0.39 is 11.9 Å². The Hall–Kier alpha value is -6.96. The molecule has 10 aromatic rings. The van der Waals surface area contributed by atoms with Crippen molar-refractivity contribution in [3.8, 4) is 17.2 Å². The van der Waals surface area contributed by atoms with E-state index in [9.17, 15) is 0 Å². The summed E-state index contributed by atoms with van der Waals surface area (Å²) in [4.78, 5) is 0. The van der Waals surface area contributed by atoms with E-state index in [-0.39, 0.29) is 0 Å². The van der Waals surface area contributed by atoms with Crippen LogP contribution in [-0.2, 0) is 18.7 Å². The predicted octanol–water partition coefficient (Wildman–Crippen LogP) is 16.4. The first-order chi connectivity index (χ1) is 37.8. The minimum absolute atomic E-state index is 0.657. The molecule has 0 saturated carbocycles. The summed E-state index contributed by atoms with van der Waals surface area (Å²) < 4.78 is 17.9. The van der Waals surface area contributed by atoms with Crippen LogP contribution in [-0.4, -0.2) is 19.8 Å². The number of aryl methyl sites for hydroxylation is 1. The van der Waals surface area contributed by atoms with Gasteiger partial charge in [-0.1, -0.05) is 36.4 Å². The first kappa shape index (κ1) is 54.8. The Morgan fingerprint density at radius 3 is 0.753 bits per heavy atom. The van der Waals surface area contributed by atoms with Gasteiger partial charge in [-0.2, -0.15) is 0 Å². The molecule has 10 aromatic carbocycles. The van der Waals surface area contributed by atoms with Gasteiger partial charge in [0.25, 0.3) is 0 Å². The van der Waals surface area contributed by atoms with Crippen LogP contribution < -0.4 is 46.0 Å². The van der Waals surface area contributed by atoms with Gasteiger partial charge in [0.05, 0.1) is 0 Å². The Bertz CT molecular complexity index is 3090. The van der Waals surface area contributed by atoms with E-state index in [0.717, 1.165) is 62.1 Å². The molecule has 0 aliphatic carbocycles. The summed E-state index contributed by atoms with van der Waals surface area (Å²) in [6.07, 6.45) is 6.55. The maximum atomic E-state index is 8.22. The second kappa shape index (κ2) is 26.4.